The summed E-state index contributed by atoms with van der Waals surface area (Å²) in [6, 6.07) is 8.05. The number of hydrogen-bond acceptors (Lipinski definition) is 3. The van der Waals surface area contributed by atoms with Crippen molar-refractivity contribution in [2.75, 3.05) is 0 Å². The first-order valence-corrected chi connectivity index (χ1v) is 5.73. The van der Waals surface area contributed by atoms with E-state index in [1.807, 2.05) is 25.1 Å². The molecule has 2 rings (SSSR count). The molecule has 94 valence electrons. The van der Waals surface area contributed by atoms with Gasteiger partial charge in [-0.2, -0.15) is 5.10 Å². The fourth-order valence-electron chi connectivity index (χ4n) is 2.09. The van der Waals surface area contributed by atoms with Crippen LogP contribution in [0.25, 0.3) is 0 Å². The minimum absolute atomic E-state index is 0.114. The van der Waals surface area contributed by atoms with E-state index in [2.05, 4.69) is 11.2 Å². The van der Waals surface area contributed by atoms with Crippen LogP contribution >= 0.6 is 0 Å². The lowest BCUT2D eigenvalue weighted by atomic mass is 10.1. The highest BCUT2D eigenvalue weighted by Crippen LogP contribution is 2.22. The van der Waals surface area contributed by atoms with Crippen molar-refractivity contribution in [2.45, 2.75) is 27.3 Å². The Morgan fingerprint density at radius 3 is 2.61 bits per heavy atom. The Morgan fingerprint density at radius 1 is 1.33 bits per heavy atom. The fraction of sp³-hybridized carbons (Fsp3) is 0.308. The Hall–Kier alpha value is -2.17. The second-order valence-electron chi connectivity index (χ2n) is 4.42. The first-order chi connectivity index (χ1) is 8.49. The highest BCUT2D eigenvalue weighted by molar-refractivity contribution is 5.40. The van der Waals surface area contributed by atoms with Crippen molar-refractivity contribution in [2.24, 2.45) is 0 Å². The van der Waals surface area contributed by atoms with Crippen LogP contribution in [0, 0.1) is 30.9 Å². The van der Waals surface area contributed by atoms with Gasteiger partial charge in [0.05, 0.1) is 11.5 Å². The molecule has 0 saturated carbocycles. The van der Waals surface area contributed by atoms with Gasteiger partial charge < -0.3 is 0 Å². The van der Waals surface area contributed by atoms with Crippen molar-refractivity contribution in [1.29, 1.82) is 0 Å². The SMILES string of the molecule is Cc1cccc(Cn2nc(C)c([N+](=O)[O-])c2C)c1. The van der Waals surface area contributed by atoms with Crippen molar-refractivity contribution in [3.05, 3.63) is 56.9 Å². The standard InChI is InChI=1S/C13H15N3O2/c1-9-5-4-6-12(7-9)8-15-11(3)13(16(17)18)10(2)14-15/h4-7H,8H2,1-3H3. The molecule has 0 aliphatic carbocycles. The highest BCUT2D eigenvalue weighted by atomic mass is 16.6. The minimum Gasteiger partial charge on any atom is -0.258 e. The first-order valence-electron chi connectivity index (χ1n) is 5.73. The lowest BCUT2D eigenvalue weighted by molar-refractivity contribution is -0.386. The van der Waals surface area contributed by atoms with E-state index in [0.717, 1.165) is 5.56 Å². The number of rotatable bonds is 3. The first kappa shape index (κ1) is 12.3. The van der Waals surface area contributed by atoms with Crippen LogP contribution < -0.4 is 0 Å². The molecular formula is C13H15N3O2. The quantitative estimate of drug-likeness (QED) is 0.617. The highest BCUT2D eigenvalue weighted by Gasteiger charge is 2.21. The van der Waals surface area contributed by atoms with E-state index in [0.29, 0.717) is 17.9 Å². The third kappa shape index (κ3) is 2.25. The van der Waals surface area contributed by atoms with Crippen LogP contribution in [-0.4, -0.2) is 14.7 Å². The smallest absolute Gasteiger partial charge is 0.258 e. The van der Waals surface area contributed by atoms with Gasteiger partial charge in [0.2, 0.25) is 0 Å². The molecule has 0 aliphatic heterocycles. The van der Waals surface area contributed by atoms with Crippen molar-refractivity contribution < 1.29 is 4.92 Å². The van der Waals surface area contributed by atoms with Crippen molar-refractivity contribution in [1.82, 2.24) is 9.78 Å². The fourth-order valence-corrected chi connectivity index (χ4v) is 2.09. The summed E-state index contributed by atoms with van der Waals surface area (Å²) in [5.74, 6) is 0. The molecule has 5 nitrogen and oxygen atoms in total. The van der Waals surface area contributed by atoms with E-state index >= 15 is 0 Å². The second kappa shape index (κ2) is 4.60. The molecule has 0 amide bonds. The molecule has 1 aromatic carbocycles. The van der Waals surface area contributed by atoms with Crippen LogP contribution in [0.4, 0.5) is 5.69 Å². The van der Waals surface area contributed by atoms with E-state index < -0.39 is 0 Å². The molecule has 0 spiro atoms. The summed E-state index contributed by atoms with van der Waals surface area (Å²) >= 11 is 0. The van der Waals surface area contributed by atoms with Gasteiger partial charge in [0.15, 0.2) is 0 Å². The molecule has 2 aromatic rings. The molecule has 1 aromatic heterocycles. The van der Waals surface area contributed by atoms with Gasteiger partial charge in [-0.25, -0.2) is 0 Å². The van der Waals surface area contributed by atoms with E-state index in [-0.39, 0.29) is 10.6 Å². The van der Waals surface area contributed by atoms with Crippen LogP contribution in [0.1, 0.15) is 22.5 Å². The van der Waals surface area contributed by atoms with Crippen LogP contribution in [0.15, 0.2) is 24.3 Å². The molecule has 18 heavy (non-hydrogen) atoms. The van der Waals surface area contributed by atoms with Crippen LogP contribution in [0.5, 0.6) is 0 Å². The van der Waals surface area contributed by atoms with Crippen LogP contribution in [-0.2, 0) is 6.54 Å². The lowest BCUT2D eigenvalue weighted by Gasteiger charge is -2.04. The van der Waals surface area contributed by atoms with E-state index in [1.54, 1.807) is 18.5 Å². The Morgan fingerprint density at radius 2 is 2.06 bits per heavy atom. The predicted molar refractivity (Wildman–Crippen MR) is 68.6 cm³/mol. The molecule has 0 unspecified atom stereocenters. The molecule has 0 bridgehead atoms. The maximum Gasteiger partial charge on any atom is 0.312 e. The number of hydrogen-bond donors (Lipinski definition) is 0. The average Bonchev–Trinajstić information content (AvgIpc) is 2.54. The molecule has 0 radical (unpaired) electrons. The zero-order chi connectivity index (χ0) is 13.3. The molecule has 0 aliphatic rings. The van der Waals surface area contributed by atoms with Crippen molar-refractivity contribution >= 4 is 5.69 Å². The third-order valence-corrected chi connectivity index (χ3v) is 2.94. The Labute approximate surface area is 105 Å². The monoisotopic (exact) mass is 245 g/mol. The molecule has 0 saturated heterocycles. The van der Waals surface area contributed by atoms with Gasteiger partial charge in [-0.1, -0.05) is 29.8 Å². The van der Waals surface area contributed by atoms with Gasteiger partial charge in [-0.05, 0) is 26.3 Å². The normalized spacial score (nSPS) is 10.6. The van der Waals surface area contributed by atoms with E-state index in [9.17, 15) is 10.1 Å². The topological polar surface area (TPSA) is 61.0 Å². The number of benzene rings is 1. The minimum atomic E-state index is -0.371. The number of nitrogens with zero attached hydrogens (tertiary/aromatic N) is 3. The summed E-state index contributed by atoms with van der Waals surface area (Å²) in [6.07, 6.45) is 0. The average molecular weight is 245 g/mol. The van der Waals surface area contributed by atoms with Crippen LogP contribution in [0.2, 0.25) is 0 Å². The molecular weight excluding hydrogens is 230 g/mol. The third-order valence-electron chi connectivity index (χ3n) is 2.94. The van der Waals surface area contributed by atoms with Gasteiger partial charge in [0.25, 0.3) is 0 Å². The summed E-state index contributed by atoms with van der Waals surface area (Å²) in [7, 11) is 0. The number of aromatic nitrogens is 2. The molecule has 0 N–H and O–H groups in total. The number of aryl methyl sites for hydroxylation is 2. The Bertz CT molecular complexity index is 602. The summed E-state index contributed by atoms with van der Waals surface area (Å²) in [5.41, 5.74) is 3.44. The lowest BCUT2D eigenvalue weighted by Crippen LogP contribution is -2.04. The summed E-state index contributed by atoms with van der Waals surface area (Å²) in [5, 5.41) is 15.1. The zero-order valence-corrected chi connectivity index (χ0v) is 10.7. The van der Waals surface area contributed by atoms with Gasteiger partial charge >= 0.3 is 5.69 Å². The maximum absolute atomic E-state index is 10.9. The second-order valence-corrected chi connectivity index (χ2v) is 4.42. The van der Waals surface area contributed by atoms with Crippen molar-refractivity contribution in [3.8, 4) is 0 Å². The molecule has 1 heterocycles. The molecule has 0 atom stereocenters. The molecule has 5 heteroatoms. The largest absolute Gasteiger partial charge is 0.312 e. The van der Waals surface area contributed by atoms with E-state index in [1.165, 1.54) is 5.56 Å². The van der Waals surface area contributed by atoms with Gasteiger partial charge in [0, 0.05) is 0 Å². The zero-order valence-electron chi connectivity index (χ0n) is 10.7. The van der Waals surface area contributed by atoms with Crippen molar-refractivity contribution in [3.63, 3.8) is 0 Å². The van der Waals surface area contributed by atoms with Gasteiger partial charge in [0.1, 0.15) is 11.4 Å². The van der Waals surface area contributed by atoms with Crippen LogP contribution in [0.3, 0.4) is 0 Å². The Kier molecular flexibility index (Phi) is 3.14. The summed E-state index contributed by atoms with van der Waals surface area (Å²) in [6.45, 7) is 5.97. The predicted octanol–water partition coefficient (Wildman–Crippen LogP) is 2.76. The van der Waals surface area contributed by atoms with Gasteiger partial charge in [-0.15, -0.1) is 0 Å². The van der Waals surface area contributed by atoms with E-state index in [4.69, 9.17) is 0 Å². The molecule has 0 fully saturated rings. The van der Waals surface area contributed by atoms with Gasteiger partial charge in [-0.3, -0.25) is 14.8 Å². The summed E-state index contributed by atoms with van der Waals surface area (Å²) in [4.78, 5) is 10.5. The number of nitro groups is 1. The summed E-state index contributed by atoms with van der Waals surface area (Å²) < 4.78 is 1.68. The maximum atomic E-state index is 10.9. The Balaban J connectivity index is 2.36.